The number of rotatable bonds is 2. The monoisotopic (exact) mass is 209 g/mol. The van der Waals surface area contributed by atoms with Crippen molar-refractivity contribution in [1.82, 2.24) is 0 Å². The van der Waals surface area contributed by atoms with Crippen LogP contribution in [0, 0.1) is 6.92 Å². The minimum atomic E-state index is 0.625. The first-order valence-corrected chi connectivity index (χ1v) is 4.96. The highest BCUT2D eigenvalue weighted by Gasteiger charge is 2.08. The molecule has 1 aromatic heterocycles. The summed E-state index contributed by atoms with van der Waals surface area (Å²) in [5, 5.41) is 1.75. The van der Waals surface area contributed by atoms with E-state index in [-0.39, 0.29) is 0 Å². The average Bonchev–Trinajstić information content (AvgIpc) is 2.49. The lowest BCUT2D eigenvalue weighted by atomic mass is 10.1. The Morgan fingerprint density at radius 3 is 2.93 bits per heavy atom. The molecule has 1 aromatic carbocycles. The molecule has 0 radical (unpaired) electrons. The van der Waals surface area contributed by atoms with E-state index in [1.54, 1.807) is 6.26 Å². The highest BCUT2D eigenvalue weighted by molar-refractivity contribution is 6.35. The maximum atomic E-state index is 6.05. The molecule has 3 heteroatoms. The molecule has 2 rings (SSSR count). The summed E-state index contributed by atoms with van der Waals surface area (Å²) in [6.07, 6.45) is 2.57. The summed E-state index contributed by atoms with van der Waals surface area (Å²) >= 11 is 6.05. The van der Waals surface area contributed by atoms with Crippen molar-refractivity contribution in [3.05, 3.63) is 34.5 Å². The van der Waals surface area contributed by atoms with Crippen molar-refractivity contribution in [2.45, 2.75) is 13.3 Å². The smallest absolute Gasteiger partial charge is 0.152 e. The number of benzene rings is 1. The molecule has 2 N–H and O–H groups in total. The molecule has 0 fully saturated rings. The Balaban J connectivity index is 2.66. The minimum Gasteiger partial charge on any atom is -0.462 e. The van der Waals surface area contributed by atoms with Gasteiger partial charge in [-0.1, -0.05) is 11.6 Å². The molecule has 1 heterocycles. The van der Waals surface area contributed by atoms with Crippen LogP contribution in [0.1, 0.15) is 11.1 Å². The molecule has 2 aromatic rings. The van der Waals surface area contributed by atoms with Gasteiger partial charge in [0.05, 0.1) is 11.3 Å². The molecule has 0 aliphatic carbocycles. The third kappa shape index (κ3) is 1.51. The number of hydrogen-bond donors (Lipinski definition) is 1. The van der Waals surface area contributed by atoms with Crippen molar-refractivity contribution in [3.63, 3.8) is 0 Å². The van der Waals surface area contributed by atoms with Gasteiger partial charge in [0.25, 0.3) is 0 Å². The molecule has 0 unspecified atom stereocenters. The Labute approximate surface area is 87.6 Å². The zero-order valence-corrected chi connectivity index (χ0v) is 8.77. The number of hydrogen-bond acceptors (Lipinski definition) is 2. The fourth-order valence-corrected chi connectivity index (χ4v) is 1.95. The molecule has 0 saturated heterocycles. The maximum absolute atomic E-state index is 6.05. The first-order chi connectivity index (χ1) is 6.72. The van der Waals surface area contributed by atoms with Crippen LogP contribution in [-0.2, 0) is 6.42 Å². The summed E-state index contributed by atoms with van der Waals surface area (Å²) in [5.41, 5.74) is 8.55. The molecular formula is C11H12ClNO. The summed E-state index contributed by atoms with van der Waals surface area (Å²) in [4.78, 5) is 0. The quantitative estimate of drug-likeness (QED) is 0.826. The second-order valence-electron chi connectivity index (χ2n) is 3.42. The Morgan fingerprint density at radius 2 is 2.21 bits per heavy atom. The Bertz CT molecular complexity index is 462. The number of furan rings is 1. The fourth-order valence-electron chi connectivity index (χ4n) is 1.63. The van der Waals surface area contributed by atoms with Crippen molar-refractivity contribution in [1.29, 1.82) is 0 Å². The largest absolute Gasteiger partial charge is 0.462 e. The van der Waals surface area contributed by atoms with Gasteiger partial charge in [-0.3, -0.25) is 0 Å². The van der Waals surface area contributed by atoms with Crippen molar-refractivity contribution in [3.8, 4) is 0 Å². The van der Waals surface area contributed by atoms with Crippen LogP contribution < -0.4 is 5.73 Å². The highest BCUT2D eigenvalue weighted by atomic mass is 35.5. The van der Waals surface area contributed by atoms with Gasteiger partial charge in [-0.15, -0.1) is 0 Å². The van der Waals surface area contributed by atoms with Crippen LogP contribution in [0.3, 0.4) is 0 Å². The summed E-state index contributed by atoms with van der Waals surface area (Å²) in [6.45, 7) is 2.64. The van der Waals surface area contributed by atoms with Crippen LogP contribution in [0.25, 0.3) is 11.0 Å². The van der Waals surface area contributed by atoms with E-state index in [2.05, 4.69) is 6.07 Å². The van der Waals surface area contributed by atoms with Gasteiger partial charge in [0.2, 0.25) is 0 Å². The van der Waals surface area contributed by atoms with Crippen molar-refractivity contribution >= 4 is 22.6 Å². The topological polar surface area (TPSA) is 39.2 Å². The summed E-state index contributed by atoms with van der Waals surface area (Å²) in [6, 6.07) is 3.98. The van der Waals surface area contributed by atoms with Gasteiger partial charge in [0.1, 0.15) is 0 Å². The SMILES string of the molecule is Cc1cc(Cl)c2occ(CCN)c2c1. The van der Waals surface area contributed by atoms with E-state index in [1.807, 2.05) is 13.0 Å². The average molecular weight is 210 g/mol. The minimum absolute atomic E-state index is 0.625. The lowest BCUT2D eigenvalue weighted by Crippen LogP contribution is -2.01. The molecule has 0 spiro atoms. The second kappa shape index (κ2) is 3.64. The van der Waals surface area contributed by atoms with E-state index in [4.69, 9.17) is 21.8 Å². The molecule has 0 atom stereocenters. The molecule has 0 amide bonds. The van der Waals surface area contributed by atoms with Gasteiger partial charge in [-0.2, -0.15) is 0 Å². The van der Waals surface area contributed by atoms with E-state index < -0.39 is 0 Å². The fraction of sp³-hybridized carbons (Fsp3) is 0.273. The van der Waals surface area contributed by atoms with Gasteiger partial charge in [0, 0.05) is 5.39 Å². The third-order valence-electron chi connectivity index (χ3n) is 2.27. The van der Waals surface area contributed by atoms with Crippen LogP contribution in [-0.4, -0.2) is 6.54 Å². The van der Waals surface area contributed by atoms with E-state index in [9.17, 15) is 0 Å². The van der Waals surface area contributed by atoms with Crippen molar-refractivity contribution in [2.75, 3.05) is 6.54 Å². The van der Waals surface area contributed by atoms with Crippen LogP contribution >= 0.6 is 11.6 Å². The van der Waals surface area contributed by atoms with Crippen LogP contribution in [0.2, 0.25) is 5.02 Å². The first kappa shape index (κ1) is 9.56. The number of halogens is 1. The van der Waals surface area contributed by atoms with Crippen molar-refractivity contribution < 1.29 is 4.42 Å². The lowest BCUT2D eigenvalue weighted by molar-refractivity contribution is 0.610. The first-order valence-electron chi connectivity index (χ1n) is 4.58. The summed E-state index contributed by atoms with van der Waals surface area (Å²) < 4.78 is 5.40. The zero-order chi connectivity index (χ0) is 10.1. The Kier molecular flexibility index (Phi) is 2.48. The van der Waals surface area contributed by atoms with Gasteiger partial charge < -0.3 is 10.2 Å². The van der Waals surface area contributed by atoms with E-state index in [0.717, 1.165) is 28.5 Å². The summed E-state index contributed by atoms with van der Waals surface area (Å²) in [7, 11) is 0. The molecule has 74 valence electrons. The molecule has 2 nitrogen and oxygen atoms in total. The molecule has 0 saturated carbocycles. The molecule has 0 aliphatic heterocycles. The van der Waals surface area contributed by atoms with Gasteiger partial charge in [0.15, 0.2) is 5.58 Å². The van der Waals surface area contributed by atoms with Crippen LogP contribution in [0.5, 0.6) is 0 Å². The number of aryl methyl sites for hydroxylation is 1. The predicted molar refractivity (Wildman–Crippen MR) is 58.7 cm³/mol. The van der Waals surface area contributed by atoms with Gasteiger partial charge in [-0.05, 0) is 43.1 Å². The second-order valence-corrected chi connectivity index (χ2v) is 3.83. The van der Waals surface area contributed by atoms with E-state index in [1.165, 1.54) is 0 Å². The molecule has 0 aliphatic rings. The maximum Gasteiger partial charge on any atom is 0.152 e. The molecule has 14 heavy (non-hydrogen) atoms. The van der Waals surface area contributed by atoms with E-state index >= 15 is 0 Å². The Morgan fingerprint density at radius 1 is 1.43 bits per heavy atom. The van der Waals surface area contributed by atoms with Gasteiger partial charge >= 0.3 is 0 Å². The summed E-state index contributed by atoms with van der Waals surface area (Å²) in [5.74, 6) is 0. The van der Waals surface area contributed by atoms with E-state index in [0.29, 0.717) is 11.6 Å². The third-order valence-corrected chi connectivity index (χ3v) is 2.55. The number of fused-ring (bicyclic) bond motifs is 1. The zero-order valence-electron chi connectivity index (χ0n) is 8.01. The van der Waals surface area contributed by atoms with Gasteiger partial charge in [-0.25, -0.2) is 0 Å². The van der Waals surface area contributed by atoms with Crippen LogP contribution in [0.4, 0.5) is 0 Å². The van der Waals surface area contributed by atoms with Crippen molar-refractivity contribution in [2.24, 2.45) is 5.73 Å². The van der Waals surface area contributed by atoms with Crippen LogP contribution in [0.15, 0.2) is 22.8 Å². The highest BCUT2D eigenvalue weighted by Crippen LogP contribution is 2.29. The normalized spacial score (nSPS) is 11.1. The predicted octanol–water partition coefficient (Wildman–Crippen LogP) is 2.90. The molecular weight excluding hydrogens is 198 g/mol. The molecule has 0 bridgehead atoms. The standard InChI is InChI=1S/C11H12ClNO/c1-7-4-9-8(2-3-13)6-14-11(9)10(12)5-7/h4-6H,2-3,13H2,1H3. The number of nitrogens with two attached hydrogens (primary N) is 1. The lowest BCUT2D eigenvalue weighted by Gasteiger charge is -1.98. The Hall–Kier alpha value is -0.990.